The number of carbonyl (C=O) groups excluding carboxylic acids is 2. The zero-order valence-electron chi connectivity index (χ0n) is 13.2. The summed E-state index contributed by atoms with van der Waals surface area (Å²) in [6.07, 6.45) is 0. The third-order valence-electron chi connectivity index (χ3n) is 2.72. The van der Waals surface area contributed by atoms with E-state index in [1.165, 1.54) is 11.0 Å². The fourth-order valence-electron chi connectivity index (χ4n) is 1.56. The predicted molar refractivity (Wildman–Crippen MR) is 87.2 cm³/mol. The normalized spacial score (nSPS) is 9.70. The second-order valence-corrected chi connectivity index (χ2v) is 5.54. The standard InChI is InChI=1S/C15H18BrN3O4/c1-4-22-12-6-10(7-17)5-11(16)15(12)23-9-13(20)18-8-14(21)19(2)3/h5-6H,4,8-9H2,1-3H3,(H,18,20). The SMILES string of the molecule is CCOc1cc(C#N)cc(Br)c1OCC(=O)NCC(=O)N(C)C. The van der Waals surface area contributed by atoms with E-state index in [1.807, 2.05) is 6.07 Å². The molecule has 1 N–H and O–H groups in total. The number of likely N-dealkylation sites (N-methyl/N-ethyl adjacent to an activating group) is 1. The van der Waals surface area contributed by atoms with Crippen molar-refractivity contribution >= 4 is 27.7 Å². The number of hydrogen-bond acceptors (Lipinski definition) is 5. The van der Waals surface area contributed by atoms with Gasteiger partial charge in [-0.3, -0.25) is 9.59 Å². The quantitative estimate of drug-likeness (QED) is 0.765. The number of carbonyl (C=O) groups is 2. The topological polar surface area (TPSA) is 91.7 Å². The highest BCUT2D eigenvalue weighted by Crippen LogP contribution is 2.36. The third-order valence-corrected chi connectivity index (χ3v) is 3.31. The molecule has 2 amide bonds. The zero-order chi connectivity index (χ0) is 17.4. The second-order valence-electron chi connectivity index (χ2n) is 4.68. The number of rotatable bonds is 7. The Balaban J connectivity index is 2.72. The number of nitriles is 1. The van der Waals surface area contributed by atoms with Crippen LogP contribution in [-0.4, -0.2) is 50.6 Å². The summed E-state index contributed by atoms with van der Waals surface area (Å²) in [5, 5.41) is 11.4. The molecule has 1 rings (SSSR count). The molecule has 1 aromatic rings. The Morgan fingerprint density at radius 3 is 2.61 bits per heavy atom. The van der Waals surface area contributed by atoms with E-state index in [0.29, 0.717) is 28.1 Å². The average molecular weight is 384 g/mol. The van der Waals surface area contributed by atoms with Crippen molar-refractivity contribution in [2.24, 2.45) is 0 Å². The van der Waals surface area contributed by atoms with Gasteiger partial charge >= 0.3 is 0 Å². The van der Waals surface area contributed by atoms with Gasteiger partial charge in [-0.25, -0.2) is 0 Å². The van der Waals surface area contributed by atoms with E-state index in [1.54, 1.807) is 27.1 Å². The van der Waals surface area contributed by atoms with Crippen molar-refractivity contribution < 1.29 is 19.1 Å². The van der Waals surface area contributed by atoms with E-state index in [-0.39, 0.29) is 19.1 Å². The Labute approximate surface area is 143 Å². The number of halogens is 1. The lowest BCUT2D eigenvalue weighted by atomic mass is 10.2. The van der Waals surface area contributed by atoms with E-state index in [2.05, 4.69) is 21.2 Å². The Morgan fingerprint density at radius 1 is 1.35 bits per heavy atom. The van der Waals surface area contributed by atoms with E-state index < -0.39 is 5.91 Å². The Morgan fingerprint density at radius 2 is 2.04 bits per heavy atom. The van der Waals surface area contributed by atoms with E-state index >= 15 is 0 Å². The molecule has 7 nitrogen and oxygen atoms in total. The molecule has 0 saturated heterocycles. The van der Waals surface area contributed by atoms with Crippen LogP contribution in [0, 0.1) is 11.3 Å². The smallest absolute Gasteiger partial charge is 0.258 e. The summed E-state index contributed by atoms with van der Waals surface area (Å²) >= 11 is 3.29. The molecule has 0 fully saturated rings. The van der Waals surface area contributed by atoms with E-state index in [4.69, 9.17) is 14.7 Å². The summed E-state index contributed by atoms with van der Waals surface area (Å²) in [6, 6.07) is 5.13. The molecule has 1 aromatic carbocycles. The molecule has 0 aliphatic heterocycles. The molecule has 124 valence electrons. The van der Waals surface area contributed by atoms with Crippen LogP contribution < -0.4 is 14.8 Å². The van der Waals surface area contributed by atoms with Gasteiger partial charge in [-0.1, -0.05) is 0 Å². The van der Waals surface area contributed by atoms with Crippen LogP contribution in [0.4, 0.5) is 0 Å². The Hall–Kier alpha value is -2.27. The Bertz CT molecular complexity index is 626. The van der Waals surface area contributed by atoms with Gasteiger partial charge < -0.3 is 19.7 Å². The summed E-state index contributed by atoms with van der Waals surface area (Å²) in [4.78, 5) is 24.5. The van der Waals surface area contributed by atoms with E-state index in [9.17, 15) is 9.59 Å². The molecule has 0 aliphatic carbocycles. The molecule has 0 bridgehead atoms. The molecule has 0 atom stereocenters. The lowest BCUT2D eigenvalue weighted by Gasteiger charge is -2.14. The first-order valence-electron chi connectivity index (χ1n) is 6.85. The molecule has 0 aliphatic rings. The largest absolute Gasteiger partial charge is 0.490 e. The summed E-state index contributed by atoms with van der Waals surface area (Å²) in [7, 11) is 3.21. The minimum atomic E-state index is -0.432. The molecular formula is C15H18BrN3O4. The van der Waals surface area contributed by atoms with Crippen LogP contribution in [0.25, 0.3) is 0 Å². The molecule has 0 spiro atoms. The molecule has 0 heterocycles. The van der Waals surface area contributed by atoms with Crippen LogP contribution in [0.3, 0.4) is 0 Å². The van der Waals surface area contributed by atoms with Crippen LogP contribution in [0.5, 0.6) is 11.5 Å². The monoisotopic (exact) mass is 383 g/mol. The zero-order valence-corrected chi connectivity index (χ0v) is 14.8. The van der Waals surface area contributed by atoms with Gasteiger partial charge in [-0.15, -0.1) is 0 Å². The summed E-state index contributed by atoms with van der Waals surface area (Å²) in [6.45, 7) is 1.82. The maximum Gasteiger partial charge on any atom is 0.258 e. The number of benzene rings is 1. The van der Waals surface area contributed by atoms with Crippen LogP contribution >= 0.6 is 15.9 Å². The summed E-state index contributed by atoms with van der Waals surface area (Å²) in [5.74, 6) is 0.0577. The van der Waals surface area contributed by atoms with Crippen LogP contribution in [0.15, 0.2) is 16.6 Å². The van der Waals surface area contributed by atoms with Gasteiger partial charge in [0.05, 0.1) is 29.3 Å². The van der Waals surface area contributed by atoms with Crippen molar-refractivity contribution in [3.8, 4) is 17.6 Å². The fourth-order valence-corrected chi connectivity index (χ4v) is 2.11. The maximum atomic E-state index is 11.7. The molecule has 0 unspecified atom stereocenters. The van der Waals surface area contributed by atoms with Gasteiger partial charge in [0, 0.05) is 20.2 Å². The first-order valence-corrected chi connectivity index (χ1v) is 7.64. The van der Waals surface area contributed by atoms with Crippen molar-refractivity contribution in [3.63, 3.8) is 0 Å². The number of amides is 2. The molecular weight excluding hydrogens is 366 g/mol. The van der Waals surface area contributed by atoms with Crippen molar-refractivity contribution in [3.05, 3.63) is 22.2 Å². The van der Waals surface area contributed by atoms with Gasteiger partial charge in [0.25, 0.3) is 5.91 Å². The molecule has 8 heteroatoms. The van der Waals surface area contributed by atoms with Gasteiger partial charge in [0.2, 0.25) is 5.91 Å². The van der Waals surface area contributed by atoms with E-state index in [0.717, 1.165) is 0 Å². The first-order chi connectivity index (χ1) is 10.9. The van der Waals surface area contributed by atoms with Crippen LogP contribution in [0.1, 0.15) is 12.5 Å². The Kier molecular flexibility index (Phi) is 7.35. The summed E-state index contributed by atoms with van der Waals surface area (Å²) < 4.78 is 11.4. The molecule has 0 radical (unpaired) electrons. The number of hydrogen-bond donors (Lipinski definition) is 1. The average Bonchev–Trinajstić information content (AvgIpc) is 2.51. The van der Waals surface area contributed by atoms with Crippen molar-refractivity contribution in [2.45, 2.75) is 6.92 Å². The van der Waals surface area contributed by atoms with Crippen molar-refractivity contribution in [2.75, 3.05) is 33.9 Å². The lowest BCUT2D eigenvalue weighted by Crippen LogP contribution is -2.38. The van der Waals surface area contributed by atoms with Gasteiger partial charge in [-0.2, -0.15) is 5.26 Å². The summed E-state index contributed by atoms with van der Waals surface area (Å²) in [5.41, 5.74) is 0.411. The van der Waals surface area contributed by atoms with Gasteiger partial charge in [0.15, 0.2) is 18.1 Å². The third kappa shape index (κ3) is 5.79. The number of nitrogens with zero attached hydrogens (tertiary/aromatic N) is 2. The van der Waals surface area contributed by atoms with Gasteiger partial charge in [-0.05, 0) is 28.9 Å². The fraction of sp³-hybridized carbons (Fsp3) is 0.400. The lowest BCUT2D eigenvalue weighted by molar-refractivity contribution is -0.131. The first kappa shape index (κ1) is 18.8. The highest BCUT2D eigenvalue weighted by Gasteiger charge is 2.14. The maximum absolute atomic E-state index is 11.7. The van der Waals surface area contributed by atoms with Crippen molar-refractivity contribution in [1.82, 2.24) is 10.2 Å². The van der Waals surface area contributed by atoms with Crippen LogP contribution in [-0.2, 0) is 9.59 Å². The molecule has 0 saturated carbocycles. The minimum Gasteiger partial charge on any atom is -0.490 e. The highest BCUT2D eigenvalue weighted by molar-refractivity contribution is 9.10. The van der Waals surface area contributed by atoms with Crippen LogP contribution in [0.2, 0.25) is 0 Å². The molecule has 0 aromatic heterocycles. The second kappa shape index (κ2) is 9.00. The van der Waals surface area contributed by atoms with Gasteiger partial charge in [0.1, 0.15) is 0 Å². The van der Waals surface area contributed by atoms with Crippen molar-refractivity contribution in [1.29, 1.82) is 5.26 Å². The molecule has 23 heavy (non-hydrogen) atoms. The number of nitrogens with one attached hydrogen (secondary N) is 1. The minimum absolute atomic E-state index is 0.0952. The number of ether oxygens (including phenoxy) is 2. The highest BCUT2D eigenvalue weighted by atomic mass is 79.9. The predicted octanol–water partition coefficient (Wildman–Crippen LogP) is 1.30.